The van der Waals surface area contributed by atoms with Gasteiger partial charge in [-0.3, -0.25) is 9.59 Å². The van der Waals surface area contributed by atoms with Crippen molar-refractivity contribution in [2.24, 2.45) is 5.92 Å². The number of piperidine rings is 1. The number of amides is 2. The number of carbonyl (C=O) groups is 2. The molecule has 1 aromatic carbocycles. The summed E-state index contributed by atoms with van der Waals surface area (Å²) in [5, 5.41) is 6.37. The van der Waals surface area contributed by atoms with E-state index in [1.54, 1.807) is 17.0 Å². The van der Waals surface area contributed by atoms with Crippen LogP contribution in [0.2, 0.25) is 0 Å². The second-order valence-electron chi connectivity index (χ2n) is 8.23. The maximum atomic E-state index is 13.8. The van der Waals surface area contributed by atoms with E-state index in [0.29, 0.717) is 37.4 Å². The van der Waals surface area contributed by atoms with Gasteiger partial charge in [0.05, 0.1) is 10.6 Å². The van der Waals surface area contributed by atoms with Crippen molar-refractivity contribution < 1.29 is 14.0 Å². The van der Waals surface area contributed by atoms with Gasteiger partial charge in [-0.2, -0.15) is 0 Å². The van der Waals surface area contributed by atoms with E-state index in [0.717, 1.165) is 30.8 Å². The van der Waals surface area contributed by atoms with E-state index in [-0.39, 0.29) is 29.4 Å². The van der Waals surface area contributed by atoms with E-state index < -0.39 is 0 Å². The fraction of sp³-hybridized carbons (Fsp3) is 0.391. The number of likely N-dealkylation sites (tertiary alicyclic amines) is 2. The molecule has 2 aliphatic heterocycles. The molecule has 166 valence electrons. The molecule has 0 unspecified atom stereocenters. The minimum atomic E-state index is -0.382. The largest absolute Gasteiger partial charge is 0.342 e. The standard InChI is InChI=1S/C23H24FN5O2S/c24-17-5-3-6-18(15-17)29-21(19-7-4-14-32-19)25-20(26-29)23(31)28-12-8-16(9-13-28)22(30)27-10-1-2-11-27/h3-7,14-16H,1-2,8-13H2. The molecule has 0 atom stereocenters. The van der Waals surface area contributed by atoms with Crippen molar-refractivity contribution in [3.8, 4) is 16.4 Å². The van der Waals surface area contributed by atoms with Crippen LogP contribution in [0.1, 0.15) is 36.3 Å². The summed E-state index contributed by atoms with van der Waals surface area (Å²) in [6.07, 6.45) is 3.47. The number of rotatable bonds is 4. The molecular weight excluding hydrogens is 429 g/mol. The van der Waals surface area contributed by atoms with Crippen LogP contribution in [-0.2, 0) is 4.79 Å². The van der Waals surface area contributed by atoms with Crippen molar-refractivity contribution in [2.75, 3.05) is 26.2 Å². The van der Waals surface area contributed by atoms with Gasteiger partial charge in [0.15, 0.2) is 5.82 Å². The number of hydrogen-bond donors (Lipinski definition) is 0. The highest BCUT2D eigenvalue weighted by molar-refractivity contribution is 7.13. The minimum absolute atomic E-state index is 0.0170. The number of halogens is 1. The normalized spacial score (nSPS) is 17.2. The van der Waals surface area contributed by atoms with Crippen molar-refractivity contribution >= 4 is 23.2 Å². The van der Waals surface area contributed by atoms with Crippen LogP contribution in [0.25, 0.3) is 16.4 Å². The molecule has 4 heterocycles. The lowest BCUT2D eigenvalue weighted by atomic mass is 9.95. The summed E-state index contributed by atoms with van der Waals surface area (Å²) in [5.74, 6) is 0.160. The number of aromatic nitrogens is 3. The number of carbonyl (C=O) groups excluding carboxylic acids is 2. The Morgan fingerprint density at radius 2 is 1.78 bits per heavy atom. The Morgan fingerprint density at radius 1 is 1.00 bits per heavy atom. The molecule has 2 aliphatic rings. The summed E-state index contributed by atoms with van der Waals surface area (Å²) in [6, 6.07) is 9.87. The summed E-state index contributed by atoms with van der Waals surface area (Å²) < 4.78 is 15.4. The molecule has 2 amide bonds. The predicted molar refractivity (Wildman–Crippen MR) is 119 cm³/mol. The second-order valence-corrected chi connectivity index (χ2v) is 9.17. The Kier molecular flexibility index (Phi) is 5.73. The molecule has 0 N–H and O–H groups in total. The van der Waals surface area contributed by atoms with Gasteiger partial charge in [-0.25, -0.2) is 14.1 Å². The van der Waals surface area contributed by atoms with Crippen LogP contribution in [0.3, 0.4) is 0 Å². The van der Waals surface area contributed by atoms with Crippen molar-refractivity contribution in [3.05, 3.63) is 53.4 Å². The minimum Gasteiger partial charge on any atom is -0.342 e. The first kappa shape index (κ1) is 20.8. The highest BCUT2D eigenvalue weighted by Gasteiger charge is 2.33. The van der Waals surface area contributed by atoms with E-state index in [2.05, 4.69) is 10.1 Å². The molecule has 9 heteroatoms. The highest BCUT2D eigenvalue weighted by Crippen LogP contribution is 2.27. The van der Waals surface area contributed by atoms with Gasteiger partial charge >= 0.3 is 0 Å². The molecule has 7 nitrogen and oxygen atoms in total. The molecule has 32 heavy (non-hydrogen) atoms. The summed E-state index contributed by atoms with van der Waals surface area (Å²) in [7, 11) is 0. The van der Waals surface area contributed by atoms with Crippen molar-refractivity contribution in [1.29, 1.82) is 0 Å². The fourth-order valence-corrected chi connectivity index (χ4v) is 5.12. The third kappa shape index (κ3) is 4.04. The lowest BCUT2D eigenvalue weighted by Crippen LogP contribution is -2.44. The molecule has 3 aromatic rings. The molecule has 2 aromatic heterocycles. The lowest BCUT2D eigenvalue weighted by Gasteiger charge is -2.32. The summed E-state index contributed by atoms with van der Waals surface area (Å²) in [5.41, 5.74) is 0.509. The highest BCUT2D eigenvalue weighted by atomic mass is 32.1. The smallest absolute Gasteiger partial charge is 0.293 e. The second kappa shape index (κ2) is 8.82. The molecular formula is C23H24FN5O2S. The van der Waals surface area contributed by atoms with E-state index in [9.17, 15) is 14.0 Å². The van der Waals surface area contributed by atoms with Gasteiger partial charge in [0.25, 0.3) is 5.91 Å². The summed E-state index contributed by atoms with van der Waals surface area (Å²) in [6.45, 7) is 2.72. The zero-order chi connectivity index (χ0) is 22.1. The van der Waals surface area contributed by atoms with E-state index in [1.807, 2.05) is 22.4 Å². The van der Waals surface area contributed by atoms with Crippen molar-refractivity contribution in [1.82, 2.24) is 24.6 Å². The van der Waals surface area contributed by atoms with Crippen LogP contribution in [-0.4, -0.2) is 62.6 Å². The monoisotopic (exact) mass is 453 g/mol. The molecule has 5 rings (SSSR count). The van der Waals surface area contributed by atoms with Gasteiger partial charge in [0, 0.05) is 32.1 Å². The van der Waals surface area contributed by atoms with Crippen LogP contribution >= 0.6 is 11.3 Å². The summed E-state index contributed by atoms with van der Waals surface area (Å²) in [4.78, 5) is 34.9. The third-order valence-corrected chi connectivity index (χ3v) is 7.01. The molecule has 2 saturated heterocycles. The third-order valence-electron chi connectivity index (χ3n) is 6.14. The van der Waals surface area contributed by atoms with Gasteiger partial charge in [0.1, 0.15) is 5.82 Å². The average molecular weight is 454 g/mol. The first-order valence-electron chi connectivity index (χ1n) is 10.9. The number of hydrogen-bond acceptors (Lipinski definition) is 5. The van der Waals surface area contributed by atoms with Crippen molar-refractivity contribution in [2.45, 2.75) is 25.7 Å². The Labute approximate surface area is 189 Å². The molecule has 0 radical (unpaired) electrons. The Balaban J connectivity index is 1.35. The van der Waals surface area contributed by atoms with Gasteiger partial charge in [-0.05, 0) is 55.3 Å². The Bertz CT molecular complexity index is 1120. The molecule has 2 fully saturated rings. The van der Waals surface area contributed by atoms with Crippen LogP contribution < -0.4 is 0 Å². The van der Waals surface area contributed by atoms with Gasteiger partial charge in [0.2, 0.25) is 11.7 Å². The van der Waals surface area contributed by atoms with E-state index in [4.69, 9.17) is 0 Å². The number of thiophene rings is 1. The number of benzene rings is 1. The first-order chi connectivity index (χ1) is 15.6. The van der Waals surface area contributed by atoms with E-state index in [1.165, 1.54) is 28.2 Å². The molecule has 0 aliphatic carbocycles. The summed E-state index contributed by atoms with van der Waals surface area (Å²) >= 11 is 1.48. The molecule has 0 bridgehead atoms. The fourth-order valence-electron chi connectivity index (χ4n) is 4.42. The average Bonchev–Trinajstić information content (AvgIpc) is 3.59. The van der Waals surface area contributed by atoms with Crippen LogP contribution in [0.15, 0.2) is 41.8 Å². The Morgan fingerprint density at radius 3 is 2.47 bits per heavy atom. The van der Waals surface area contributed by atoms with Gasteiger partial charge < -0.3 is 9.80 Å². The van der Waals surface area contributed by atoms with Crippen LogP contribution in [0.4, 0.5) is 4.39 Å². The van der Waals surface area contributed by atoms with Crippen LogP contribution in [0, 0.1) is 11.7 Å². The maximum absolute atomic E-state index is 13.8. The van der Waals surface area contributed by atoms with Gasteiger partial charge in [-0.15, -0.1) is 16.4 Å². The lowest BCUT2D eigenvalue weighted by molar-refractivity contribution is -0.135. The quantitative estimate of drug-likeness (QED) is 0.605. The Hall–Kier alpha value is -3.07. The molecule has 0 saturated carbocycles. The predicted octanol–water partition coefficient (Wildman–Crippen LogP) is 3.61. The van der Waals surface area contributed by atoms with Crippen LogP contribution in [0.5, 0.6) is 0 Å². The topological polar surface area (TPSA) is 71.3 Å². The number of nitrogens with zero attached hydrogens (tertiary/aromatic N) is 5. The maximum Gasteiger partial charge on any atom is 0.293 e. The van der Waals surface area contributed by atoms with Gasteiger partial charge in [-0.1, -0.05) is 12.1 Å². The molecule has 0 spiro atoms. The zero-order valence-corrected chi connectivity index (χ0v) is 18.4. The first-order valence-corrected chi connectivity index (χ1v) is 11.8. The zero-order valence-electron chi connectivity index (χ0n) is 17.6. The van der Waals surface area contributed by atoms with Crippen molar-refractivity contribution in [3.63, 3.8) is 0 Å². The SMILES string of the molecule is O=C(c1nc(-c2cccs2)n(-c2cccc(F)c2)n1)N1CCC(C(=O)N2CCCC2)CC1. The van der Waals surface area contributed by atoms with E-state index >= 15 is 0 Å².